The first-order valence-corrected chi connectivity index (χ1v) is 3.92. The Labute approximate surface area is 66.7 Å². The molecule has 4 heteroatoms. The van der Waals surface area contributed by atoms with E-state index in [1.807, 2.05) is 7.05 Å². The summed E-state index contributed by atoms with van der Waals surface area (Å²) >= 11 is 0. The maximum Gasteiger partial charge on any atom is 0.223 e. The molecule has 4 nitrogen and oxygen atoms in total. The average Bonchev–Trinajstić information content (AvgIpc) is 1.84. The van der Waals surface area contributed by atoms with Crippen molar-refractivity contribution in [2.24, 2.45) is 5.73 Å². The van der Waals surface area contributed by atoms with E-state index in [4.69, 9.17) is 5.73 Å². The second-order valence-corrected chi connectivity index (χ2v) is 2.86. The predicted molar refractivity (Wildman–Crippen MR) is 43.1 cm³/mol. The zero-order valence-electron chi connectivity index (χ0n) is 6.84. The fourth-order valence-electron chi connectivity index (χ4n) is 1.05. The Bertz CT molecular complexity index is 145. The molecule has 1 heterocycles. The second-order valence-electron chi connectivity index (χ2n) is 2.86. The van der Waals surface area contributed by atoms with Crippen LogP contribution in [0.4, 0.5) is 0 Å². The molecular weight excluding hydrogens is 142 g/mol. The van der Waals surface area contributed by atoms with Crippen LogP contribution in [0.25, 0.3) is 0 Å². The fraction of sp³-hybridized carbons (Fsp3) is 0.857. The van der Waals surface area contributed by atoms with Crippen LogP contribution in [0.2, 0.25) is 0 Å². The molecule has 0 radical (unpaired) electrons. The standard InChI is InChI=1S/C7H15N3O/c1-10(6-4-9-5-6)7(11)2-3-8/h6,9H,2-5,8H2,1H3. The third-order valence-electron chi connectivity index (χ3n) is 2.06. The summed E-state index contributed by atoms with van der Waals surface area (Å²) in [5.41, 5.74) is 5.26. The number of hydrogen-bond acceptors (Lipinski definition) is 3. The number of likely N-dealkylation sites (N-methyl/N-ethyl adjacent to an activating group) is 1. The molecule has 0 spiro atoms. The third kappa shape index (κ3) is 1.91. The van der Waals surface area contributed by atoms with Gasteiger partial charge >= 0.3 is 0 Å². The Kier molecular flexibility index (Phi) is 2.84. The van der Waals surface area contributed by atoms with Crippen LogP contribution in [0.1, 0.15) is 6.42 Å². The van der Waals surface area contributed by atoms with E-state index in [0.29, 0.717) is 19.0 Å². The Morgan fingerprint density at radius 3 is 2.73 bits per heavy atom. The maximum atomic E-state index is 11.2. The van der Waals surface area contributed by atoms with Gasteiger partial charge in [0.1, 0.15) is 0 Å². The van der Waals surface area contributed by atoms with E-state index in [0.717, 1.165) is 13.1 Å². The summed E-state index contributed by atoms with van der Waals surface area (Å²) in [5, 5.41) is 3.11. The molecule has 11 heavy (non-hydrogen) atoms. The molecule has 0 unspecified atom stereocenters. The lowest BCUT2D eigenvalue weighted by Crippen LogP contribution is -2.57. The topological polar surface area (TPSA) is 58.4 Å². The van der Waals surface area contributed by atoms with Gasteiger partial charge in [0.25, 0.3) is 0 Å². The van der Waals surface area contributed by atoms with Crippen LogP contribution in [-0.4, -0.2) is 43.5 Å². The van der Waals surface area contributed by atoms with Crippen molar-refractivity contribution in [2.45, 2.75) is 12.5 Å². The first kappa shape index (κ1) is 8.49. The Hall–Kier alpha value is -0.610. The number of rotatable bonds is 3. The van der Waals surface area contributed by atoms with E-state index in [2.05, 4.69) is 5.32 Å². The number of nitrogens with one attached hydrogen (secondary N) is 1. The van der Waals surface area contributed by atoms with E-state index in [9.17, 15) is 4.79 Å². The maximum absolute atomic E-state index is 11.2. The Morgan fingerprint density at radius 1 is 1.73 bits per heavy atom. The molecule has 0 aromatic rings. The molecule has 1 aliphatic rings. The number of carbonyl (C=O) groups excluding carboxylic acids is 1. The van der Waals surface area contributed by atoms with Gasteiger partial charge in [0.2, 0.25) is 5.91 Å². The van der Waals surface area contributed by atoms with E-state index in [-0.39, 0.29) is 5.91 Å². The van der Waals surface area contributed by atoms with E-state index >= 15 is 0 Å². The summed E-state index contributed by atoms with van der Waals surface area (Å²) in [6.07, 6.45) is 0.465. The van der Waals surface area contributed by atoms with Crippen LogP contribution in [0.5, 0.6) is 0 Å². The fourth-order valence-corrected chi connectivity index (χ4v) is 1.05. The van der Waals surface area contributed by atoms with Crippen molar-refractivity contribution in [3.8, 4) is 0 Å². The van der Waals surface area contributed by atoms with Gasteiger partial charge in [-0.05, 0) is 0 Å². The molecular formula is C7H15N3O. The van der Waals surface area contributed by atoms with Gasteiger partial charge in [-0.3, -0.25) is 4.79 Å². The molecule has 0 saturated carbocycles. The van der Waals surface area contributed by atoms with Gasteiger partial charge in [-0.1, -0.05) is 0 Å². The van der Waals surface area contributed by atoms with Crippen LogP contribution >= 0.6 is 0 Å². The molecule has 1 amide bonds. The van der Waals surface area contributed by atoms with Crippen LogP contribution in [0.3, 0.4) is 0 Å². The van der Waals surface area contributed by atoms with E-state index in [1.165, 1.54) is 0 Å². The highest BCUT2D eigenvalue weighted by atomic mass is 16.2. The van der Waals surface area contributed by atoms with Crippen molar-refractivity contribution in [1.82, 2.24) is 10.2 Å². The van der Waals surface area contributed by atoms with Crippen molar-refractivity contribution >= 4 is 5.91 Å². The van der Waals surface area contributed by atoms with Crippen LogP contribution in [-0.2, 0) is 4.79 Å². The minimum absolute atomic E-state index is 0.152. The first-order valence-electron chi connectivity index (χ1n) is 3.92. The zero-order valence-corrected chi connectivity index (χ0v) is 6.84. The van der Waals surface area contributed by atoms with Gasteiger partial charge in [-0.25, -0.2) is 0 Å². The molecule has 0 aromatic heterocycles. The van der Waals surface area contributed by atoms with E-state index < -0.39 is 0 Å². The molecule has 64 valence electrons. The molecule has 1 saturated heterocycles. The lowest BCUT2D eigenvalue weighted by molar-refractivity contribution is -0.132. The van der Waals surface area contributed by atoms with Crippen molar-refractivity contribution < 1.29 is 4.79 Å². The van der Waals surface area contributed by atoms with Gasteiger partial charge in [0, 0.05) is 33.1 Å². The number of amides is 1. The van der Waals surface area contributed by atoms with Crippen LogP contribution < -0.4 is 11.1 Å². The summed E-state index contributed by atoms with van der Waals surface area (Å²) in [4.78, 5) is 13.0. The largest absolute Gasteiger partial charge is 0.340 e. The molecule has 0 aliphatic carbocycles. The monoisotopic (exact) mass is 157 g/mol. The Morgan fingerprint density at radius 2 is 2.36 bits per heavy atom. The molecule has 1 rings (SSSR count). The van der Waals surface area contributed by atoms with Crippen molar-refractivity contribution in [3.05, 3.63) is 0 Å². The predicted octanol–water partition coefficient (Wildman–Crippen LogP) is -1.23. The zero-order chi connectivity index (χ0) is 8.27. The lowest BCUT2D eigenvalue weighted by atomic mass is 10.1. The van der Waals surface area contributed by atoms with E-state index in [1.54, 1.807) is 4.90 Å². The third-order valence-corrected chi connectivity index (χ3v) is 2.06. The SMILES string of the molecule is CN(C(=O)CCN)C1CNC1. The quantitative estimate of drug-likeness (QED) is 0.539. The van der Waals surface area contributed by atoms with Crippen molar-refractivity contribution in [2.75, 3.05) is 26.7 Å². The summed E-state index contributed by atoms with van der Waals surface area (Å²) in [7, 11) is 1.84. The highest BCUT2D eigenvalue weighted by molar-refractivity contribution is 5.76. The van der Waals surface area contributed by atoms with Gasteiger partial charge < -0.3 is 16.0 Å². The Balaban J connectivity index is 2.27. The highest BCUT2D eigenvalue weighted by Gasteiger charge is 2.24. The highest BCUT2D eigenvalue weighted by Crippen LogP contribution is 2.02. The minimum Gasteiger partial charge on any atom is -0.340 e. The molecule has 1 aliphatic heterocycles. The summed E-state index contributed by atoms with van der Waals surface area (Å²) in [6, 6.07) is 0.397. The second kappa shape index (κ2) is 3.69. The average molecular weight is 157 g/mol. The first-order chi connectivity index (χ1) is 5.25. The molecule has 0 atom stereocenters. The summed E-state index contributed by atoms with van der Waals surface area (Å²) in [5.74, 6) is 0.152. The number of carbonyl (C=O) groups is 1. The number of nitrogens with two attached hydrogens (primary N) is 1. The van der Waals surface area contributed by atoms with Crippen LogP contribution in [0, 0.1) is 0 Å². The van der Waals surface area contributed by atoms with Gasteiger partial charge in [0.05, 0.1) is 6.04 Å². The number of hydrogen-bond donors (Lipinski definition) is 2. The van der Waals surface area contributed by atoms with Crippen molar-refractivity contribution in [1.29, 1.82) is 0 Å². The molecule has 0 bridgehead atoms. The summed E-state index contributed by atoms with van der Waals surface area (Å²) in [6.45, 7) is 2.29. The lowest BCUT2D eigenvalue weighted by Gasteiger charge is -2.35. The van der Waals surface area contributed by atoms with Gasteiger partial charge in [-0.2, -0.15) is 0 Å². The smallest absolute Gasteiger partial charge is 0.223 e. The summed E-state index contributed by atoms with van der Waals surface area (Å²) < 4.78 is 0. The van der Waals surface area contributed by atoms with Gasteiger partial charge in [0.15, 0.2) is 0 Å². The minimum atomic E-state index is 0.152. The molecule has 1 fully saturated rings. The normalized spacial score (nSPS) is 17.6. The number of nitrogens with zero attached hydrogens (tertiary/aromatic N) is 1. The molecule has 3 N–H and O–H groups in total. The van der Waals surface area contributed by atoms with Crippen molar-refractivity contribution in [3.63, 3.8) is 0 Å². The van der Waals surface area contributed by atoms with Gasteiger partial charge in [-0.15, -0.1) is 0 Å². The van der Waals surface area contributed by atoms with Crippen LogP contribution in [0.15, 0.2) is 0 Å². The molecule has 0 aromatic carbocycles.